The Kier molecular flexibility index (Phi) is 4.86. The number of carbonyl (C=O) groups is 1. The highest BCUT2D eigenvalue weighted by Gasteiger charge is 2.16. The van der Waals surface area contributed by atoms with Crippen molar-refractivity contribution in [2.24, 2.45) is 0 Å². The van der Waals surface area contributed by atoms with E-state index >= 15 is 0 Å². The molecule has 0 bridgehead atoms. The number of amides is 1. The van der Waals surface area contributed by atoms with Crippen LogP contribution in [-0.4, -0.2) is 12.0 Å². The molecule has 0 heterocycles. The minimum absolute atomic E-state index is 0.147. The Morgan fingerprint density at radius 3 is 2.23 bits per heavy atom. The second-order valence-corrected chi connectivity index (χ2v) is 5.89. The van der Waals surface area contributed by atoms with Gasteiger partial charge in [-0.05, 0) is 75.1 Å². The Morgan fingerprint density at radius 1 is 0.955 bits per heavy atom. The van der Waals surface area contributed by atoms with Gasteiger partial charge in [0.25, 0.3) is 5.91 Å². The zero-order valence-corrected chi connectivity index (χ0v) is 13.9. The number of anilines is 1. The van der Waals surface area contributed by atoms with Gasteiger partial charge in [0.05, 0.1) is 0 Å². The fourth-order valence-electron chi connectivity index (χ4n) is 2.37. The zero-order valence-electron chi connectivity index (χ0n) is 13.9. The summed E-state index contributed by atoms with van der Waals surface area (Å²) in [5, 5.41) is 2.91. The molecule has 22 heavy (non-hydrogen) atoms. The Labute approximate surface area is 132 Å². The molecule has 0 aromatic heterocycles. The third-order valence-corrected chi connectivity index (χ3v) is 3.51. The molecular formula is C19H23NO2. The Hall–Kier alpha value is -2.29. The molecule has 2 aromatic carbocycles. The van der Waals surface area contributed by atoms with E-state index in [9.17, 15) is 4.79 Å². The summed E-state index contributed by atoms with van der Waals surface area (Å²) in [4.78, 5) is 12.3. The summed E-state index contributed by atoms with van der Waals surface area (Å²) in [6.45, 7) is 9.77. The van der Waals surface area contributed by atoms with Crippen LogP contribution < -0.4 is 10.1 Å². The Bertz CT molecular complexity index is 672. The van der Waals surface area contributed by atoms with Crippen LogP contribution in [0.15, 0.2) is 36.4 Å². The van der Waals surface area contributed by atoms with Gasteiger partial charge >= 0.3 is 0 Å². The molecule has 2 rings (SSSR count). The van der Waals surface area contributed by atoms with Gasteiger partial charge in [-0.2, -0.15) is 0 Å². The number of ether oxygens (including phenoxy) is 1. The maximum atomic E-state index is 12.3. The first-order valence-electron chi connectivity index (χ1n) is 7.48. The van der Waals surface area contributed by atoms with Crippen molar-refractivity contribution in [3.8, 4) is 5.75 Å². The normalized spacial score (nSPS) is 11.9. The van der Waals surface area contributed by atoms with Gasteiger partial charge in [-0.15, -0.1) is 0 Å². The number of rotatable bonds is 4. The van der Waals surface area contributed by atoms with E-state index in [2.05, 4.69) is 11.4 Å². The lowest BCUT2D eigenvalue weighted by atomic mass is 10.1. The molecule has 0 spiro atoms. The van der Waals surface area contributed by atoms with Gasteiger partial charge < -0.3 is 10.1 Å². The fraction of sp³-hybridized carbons (Fsp3) is 0.316. The Morgan fingerprint density at radius 2 is 1.59 bits per heavy atom. The van der Waals surface area contributed by atoms with Crippen molar-refractivity contribution >= 4 is 11.6 Å². The summed E-state index contributed by atoms with van der Waals surface area (Å²) >= 11 is 0. The second-order valence-electron chi connectivity index (χ2n) is 5.89. The first-order valence-corrected chi connectivity index (χ1v) is 7.48. The lowest BCUT2D eigenvalue weighted by molar-refractivity contribution is -0.122. The van der Waals surface area contributed by atoms with Crippen LogP contribution in [0.25, 0.3) is 0 Å². The van der Waals surface area contributed by atoms with E-state index in [0.29, 0.717) is 0 Å². The summed E-state index contributed by atoms with van der Waals surface area (Å²) in [6.07, 6.45) is -0.554. The summed E-state index contributed by atoms with van der Waals surface area (Å²) in [6, 6.07) is 12.0. The number of nitrogens with one attached hydrogen (secondary N) is 1. The van der Waals surface area contributed by atoms with E-state index in [1.807, 2.05) is 58.0 Å². The molecule has 2 aromatic rings. The average Bonchev–Trinajstić information content (AvgIpc) is 2.41. The van der Waals surface area contributed by atoms with Gasteiger partial charge in [0.15, 0.2) is 6.10 Å². The molecule has 0 aliphatic rings. The molecule has 3 heteroatoms. The standard InChI is InChI=1S/C19H23NO2/c1-12-6-7-15(4)18(11-12)22-16(5)19(21)20-17-9-13(2)8-14(3)10-17/h6-11,16H,1-5H3,(H,20,21)/t16-/m1/s1. The van der Waals surface area contributed by atoms with Crippen molar-refractivity contribution in [1.82, 2.24) is 0 Å². The monoisotopic (exact) mass is 297 g/mol. The Balaban J connectivity index is 2.07. The van der Waals surface area contributed by atoms with E-state index in [-0.39, 0.29) is 5.91 Å². The number of hydrogen-bond acceptors (Lipinski definition) is 2. The van der Waals surface area contributed by atoms with Crippen LogP contribution in [0.1, 0.15) is 29.2 Å². The minimum atomic E-state index is -0.554. The molecule has 0 saturated heterocycles. The zero-order chi connectivity index (χ0) is 16.3. The maximum Gasteiger partial charge on any atom is 0.265 e. The molecule has 0 unspecified atom stereocenters. The number of carbonyl (C=O) groups excluding carboxylic acids is 1. The van der Waals surface area contributed by atoms with Crippen molar-refractivity contribution in [1.29, 1.82) is 0 Å². The van der Waals surface area contributed by atoms with Crippen molar-refractivity contribution in [3.63, 3.8) is 0 Å². The molecule has 0 radical (unpaired) electrons. The molecule has 116 valence electrons. The number of hydrogen-bond donors (Lipinski definition) is 1. The number of benzene rings is 2. The molecule has 1 N–H and O–H groups in total. The third kappa shape index (κ3) is 4.10. The first-order chi connectivity index (χ1) is 10.3. The van der Waals surface area contributed by atoms with Gasteiger partial charge in [-0.25, -0.2) is 0 Å². The highest BCUT2D eigenvalue weighted by molar-refractivity contribution is 5.94. The summed E-state index contributed by atoms with van der Waals surface area (Å²) in [5.41, 5.74) is 5.19. The summed E-state index contributed by atoms with van der Waals surface area (Å²) in [5.74, 6) is 0.606. The molecule has 0 fully saturated rings. The van der Waals surface area contributed by atoms with Gasteiger partial charge in [-0.3, -0.25) is 4.79 Å². The predicted octanol–water partition coefficient (Wildman–Crippen LogP) is 4.33. The van der Waals surface area contributed by atoms with Crippen molar-refractivity contribution in [3.05, 3.63) is 58.7 Å². The molecule has 1 atom stereocenters. The average molecular weight is 297 g/mol. The van der Waals surface area contributed by atoms with Crippen LogP contribution in [0.4, 0.5) is 5.69 Å². The second kappa shape index (κ2) is 6.65. The predicted molar refractivity (Wildman–Crippen MR) is 90.6 cm³/mol. The van der Waals surface area contributed by atoms with E-state index < -0.39 is 6.10 Å². The topological polar surface area (TPSA) is 38.3 Å². The molecular weight excluding hydrogens is 274 g/mol. The molecule has 1 amide bonds. The van der Waals surface area contributed by atoms with Crippen molar-refractivity contribution in [2.75, 3.05) is 5.32 Å². The van der Waals surface area contributed by atoms with Gasteiger partial charge in [0.1, 0.15) is 5.75 Å². The minimum Gasteiger partial charge on any atom is -0.481 e. The molecule has 3 nitrogen and oxygen atoms in total. The summed E-state index contributed by atoms with van der Waals surface area (Å²) in [7, 11) is 0. The molecule has 0 aliphatic carbocycles. The third-order valence-electron chi connectivity index (χ3n) is 3.51. The van der Waals surface area contributed by atoms with E-state index in [0.717, 1.165) is 33.7 Å². The largest absolute Gasteiger partial charge is 0.481 e. The van der Waals surface area contributed by atoms with Crippen LogP contribution in [0.2, 0.25) is 0 Å². The lowest BCUT2D eigenvalue weighted by Crippen LogP contribution is -2.30. The van der Waals surface area contributed by atoms with Crippen LogP contribution in [-0.2, 0) is 4.79 Å². The highest BCUT2D eigenvalue weighted by atomic mass is 16.5. The van der Waals surface area contributed by atoms with Crippen molar-refractivity contribution < 1.29 is 9.53 Å². The van der Waals surface area contributed by atoms with Gasteiger partial charge in [0.2, 0.25) is 0 Å². The number of aryl methyl sites for hydroxylation is 4. The van der Waals surface area contributed by atoms with Gasteiger partial charge in [-0.1, -0.05) is 18.2 Å². The van der Waals surface area contributed by atoms with Crippen LogP contribution >= 0.6 is 0 Å². The highest BCUT2D eigenvalue weighted by Crippen LogP contribution is 2.21. The van der Waals surface area contributed by atoms with E-state index in [1.54, 1.807) is 6.92 Å². The fourth-order valence-corrected chi connectivity index (χ4v) is 2.37. The lowest BCUT2D eigenvalue weighted by Gasteiger charge is -2.17. The quantitative estimate of drug-likeness (QED) is 0.912. The van der Waals surface area contributed by atoms with Crippen LogP contribution in [0.3, 0.4) is 0 Å². The summed E-state index contributed by atoms with van der Waals surface area (Å²) < 4.78 is 5.81. The van der Waals surface area contributed by atoms with Crippen LogP contribution in [0.5, 0.6) is 5.75 Å². The SMILES string of the molecule is Cc1cc(C)cc(NC(=O)[C@@H](C)Oc2cc(C)ccc2C)c1. The van der Waals surface area contributed by atoms with Crippen LogP contribution in [0, 0.1) is 27.7 Å². The van der Waals surface area contributed by atoms with E-state index in [1.165, 1.54) is 0 Å². The molecule has 0 aliphatic heterocycles. The van der Waals surface area contributed by atoms with Gasteiger partial charge in [0, 0.05) is 5.69 Å². The van der Waals surface area contributed by atoms with Crippen molar-refractivity contribution in [2.45, 2.75) is 40.7 Å². The maximum absolute atomic E-state index is 12.3. The van der Waals surface area contributed by atoms with E-state index in [4.69, 9.17) is 4.74 Å². The molecule has 0 saturated carbocycles. The smallest absolute Gasteiger partial charge is 0.265 e. The first kappa shape index (κ1) is 16.1.